The maximum Gasteiger partial charge on any atom is 0.338 e. The van der Waals surface area contributed by atoms with E-state index in [1.54, 1.807) is 12.1 Å². The van der Waals surface area contributed by atoms with Crippen molar-refractivity contribution in [2.24, 2.45) is 0 Å². The average Bonchev–Trinajstić information content (AvgIpc) is 2.70. The molecule has 4 aromatic rings. The molecule has 27 heavy (non-hydrogen) atoms. The zero-order valence-electron chi connectivity index (χ0n) is 14.5. The summed E-state index contributed by atoms with van der Waals surface area (Å²) in [6.45, 7) is 0. The highest BCUT2D eigenvalue weighted by atomic mass is 16.4. The largest absolute Gasteiger partial charge is 0.423 e. The quantitative estimate of drug-likeness (QED) is 0.546. The van der Waals surface area contributed by atoms with E-state index in [2.05, 4.69) is 5.32 Å². The summed E-state index contributed by atoms with van der Waals surface area (Å²) in [6.07, 6.45) is 0. The minimum absolute atomic E-state index is 0.205. The summed E-state index contributed by atoms with van der Waals surface area (Å²) in [5.41, 5.74) is 2.15. The van der Waals surface area contributed by atoms with Crippen molar-refractivity contribution < 1.29 is 9.21 Å². The molecule has 3 aromatic carbocycles. The van der Waals surface area contributed by atoms with Crippen molar-refractivity contribution in [2.75, 3.05) is 5.32 Å². The molecule has 0 saturated heterocycles. The molecular formula is C23H17NO3. The third kappa shape index (κ3) is 3.51. The highest BCUT2D eigenvalue weighted by molar-refractivity contribution is 6.04. The molecule has 0 spiro atoms. The van der Waals surface area contributed by atoms with Gasteiger partial charge in [0.1, 0.15) is 5.58 Å². The van der Waals surface area contributed by atoms with Gasteiger partial charge in [-0.25, -0.2) is 4.79 Å². The predicted octanol–water partition coefficient (Wildman–Crippen LogP) is 4.56. The van der Waals surface area contributed by atoms with Gasteiger partial charge in [0.2, 0.25) is 5.91 Å². The van der Waals surface area contributed by atoms with E-state index in [-0.39, 0.29) is 5.91 Å². The fourth-order valence-electron chi connectivity index (χ4n) is 3.21. The molecule has 1 aromatic heterocycles. The SMILES string of the molecule is O=C(Nc1cc(=O)oc2ccccc12)C(c1ccccc1)c1ccccc1. The van der Waals surface area contributed by atoms with Gasteiger partial charge in [-0.3, -0.25) is 4.79 Å². The van der Waals surface area contributed by atoms with Gasteiger partial charge in [0, 0.05) is 11.5 Å². The van der Waals surface area contributed by atoms with Crippen LogP contribution in [0, 0.1) is 0 Å². The minimum Gasteiger partial charge on any atom is -0.423 e. The lowest BCUT2D eigenvalue weighted by Gasteiger charge is -2.18. The third-order valence-corrected chi connectivity index (χ3v) is 4.44. The third-order valence-electron chi connectivity index (χ3n) is 4.44. The molecule has 0 aliphatic heterocycles. The Kier molecular flexibility index (Phi) is 4.54. The zero-order chi connectivity index (χ0) is 18.6. The lowest BCUT2D eigenvalue weighted by atomic mass is 9.90. The van der Waals surface area contributed by atoms with E-state index in [0.29, 0.717) is 16.7 Å². The van der Waals surface area contributed by atoms with Crippen LogP contribution in [0.5, 0.6) is 0 Å². The summed E-state index contributed by atoms with van der Waals surface area (Å²) in [6, 6.07) is 27.6. The summed E-state index contributed by atoms with van der Waals surface area (Å²) in [5, 5.41) is 3.61. The normalized spacial score (nSPS) is 10.9. The first-order valence-corrected chi connectivity index (χ1v) is 8.66. The highest BCUT2D eigenvalue weighted by Gasteiger charge is 2.23. The lowest BCUT2D eigenvalue weighted by Crippen LogP contribution is -2.23. The second kappa shape index (κ2) is 7.30. The van der Waals surface area contributed by atoms with Gasteiger partial charge in [0.25, 0.3) is 0 Å². The summed E-state index contributed by atoms with van der Waals surface area (Å²) >= 11 is 0. The van der Waals surface area contributed by atoms with Crippen LogP contribution in [-0.2, 0) is 4.79 Å². The van der Waals surface area contributed by atoms with Crippen LogP contribution in [-0.4, -0.2) is 5.91 Å². The smallest absolute Gasteiger partial charge is 0.338 e. The van der Waals surface area contributed by atoms with Gasteiger partial charge in [0.05, 0.1) is 11.6 Å². The molecule has 0 saturated carbocycles. The number of benzene rings is 3. The first kappa shape index (κ1) is 16.8. The molecule has 0 atom stereocenters. The van der Waals surface area contributed by atoms with Crippen LogP contribution in [0.1, 0.15) is 17.0 Å². The molecule has 4 rings (SSSR count). The minimum atomic E-state index is -0.500. The van der Waals surface area contributed by atoms with Crippen molar-refractivity contribution in [1.29, 1.82) is 0 Å². The van der Waals surface area contributed by atoms with Gasteiger partial charge in [-0.05, 0) is 23.3 Å². The standard InChI is InChI=1S/C23H17NO3/c25-21-15-19(18-13-7-8-14-20(18)27-21)24-23(26)22(16-9-3-1-4-10-16)17-11-5-2-6-12-17/h1-15,22H,(H,24,26). The summed E-state index contributed by atoms with van der Waals surface area (Å²) in [4.78, 5) is 25.1. The molecule has 1 heterocycles. The lowest BCUT2D eigenvalue weighted by molar-refractivity contribution is -0.116. The fraction of sp³-hybridized carbons (Fsp3) is 0.0435. The van der Waals surface area contributed by atoms with Gasteiger partial charge in [-0.15, -0.1) is 0 Å². The number of nitrogens with one attached hydrogen (secondary N) is 1. The number of para-hydroxylation sites is 1. The number of hydrogen-bond acceptors (Lipinski definition) is 3. The Morgan fingerprint density at radius 3 is 1.96 bits per heavy atom. The zero-order valence-corrected chi connectivity index (χ0v) is 14.5. The van der Waals surface area contributed by atoms with E-state index < -0.39 is 11.5 Å². The van der Waals surface area contributed by atoms with E-state index in [4.69, 9.17) is 4.42 Å². The Labute approximate surface area is 156 Å². The molecule has 0 bridgehead atoms. The molecule has 1 N–H and O–H groups in total. The molecule has 4 nitrogen and oxygen atoms in total. The number of hydrogen-bond donors (Lipinski definition) is 1. The van der Waals surface area contributed by atoms with Crippen molar-refractivity contribution in [3.05, 3.63) is 113 Å². The van der Waals surface area contributed by atoms with Gasteiger partial charge < -0.3 is 9.73 Å². The van der Waals surface area contributed by atoms with E-state index >= 15 is 0 Å². The second-order valence-corrected chi connectivity index (χ2v) is 6.22. The Balaban J connectivity index is 1.77. The molecule has 1 amide bonds. The second-order valence-electron chi connectivity index (χ2n) is 6.22. The Hall–Kier alpha value is -3.66. The maximum atomic E-state index is 13.2. The molecule has 0 aliphatic rings. The van der Waals surface area contributed by atoms with Gasteiger partial charge in [-0.2, -0.15) is 0 Å². The van der Waals surface area contributed by atoms with Crippen molar-refractivity contribution in [1.82, 2.24) is 0 Å². The van der Waals surface area contributed by atoms with Gasteiger partial charge in [0.15, 0.2) is 0 Å². The first-order valence-electron chi connectivity index (χ1n) is 8.66. The molecule has 0 aliphatic carbocycles. The van der Waals surface area contributed by atoms with Crippen LogP contribution in [0.4, 0.5) is 5.69 Å². The molecule has 0 fully saturated rings. The highest BCUT2D eigenvalue weighted by Crippen LogP contribution is 2.28. The average molecular weight is 355 g/mol. The van der Waals surface area contributed by atoms with E-state index in [1.165, 1.54) is 6.07 Å². The van der Waals surface area contributed by atoms with Gasteiger partial charge >= 0.3 is 5.63 Å². The van der Waals surface area contributed by atoms with E-state index in [1.807, 2.05) is 72.8 Å². The van der Waals surface area contributed by atoms with Crippen molar-refractivity contribution >= 4 is 22.6 Å². The number of carbonyl (C=O) groups excluding carboxylic acids is 1. The summed E-state index contributed by atoms with van der Waals surface area (Å²) in [5.74, 6) is -0.693. The molecule has 132 valence electrons. The molecular weight excluding hydrogens is 338 g/mol. The molecule has 4 heteroatoms. The summed E-state index contributed by atoms with van der Waals surface area (Å²) in [7, 11) is 0. The Morgan fingerprint density at radius 1 is 0.778 bits per heavy atom. The molecule has 0 unspecified atom stereocenters. The molecule has 0 radical (unpaired) electrons. The number of amides is 1. The number of fused-ring (bicyclic) bond motifs is 1. The van der Waals surface area contributed by atoms with Crippen LogP contribution in [0.2, 0.25) is 0 Å². The topological polar surface area (TPSA) is 59.3 Å². The monoisotopic (exact) mass is 355 g/mol. The number of rotatable bonds is 4. The Bertz CT molecular complexity index is 1090. The fourth-order valence-corrected chi connectivity index (χ4v) is 3.21. The van der Waals surface area contributed by atoms with Crippen molar-refractivity contribution in [3.63, 3.8) is 0 Å². The number of anilines is 1. The first-order chi connectivity index (χ1) is 13.2. The van der Waals surface area contributed by atoms with Crippen LogP contribution >= 0.6 is 0 Å². The maximum absolute atomic E-state index is 13.2. The predicted molar refractivity (Wildman–Crippen MR) is 106 cm³/mol. The van der Waals surface area contributed by atoms with Crippen LogP contribution in [0.15, 0.2) is 100 Å². The van der Waals surface area contributed by atoms with Gasteiger partial charge in [-0.1, -0.05) is 72.8 Å². The van der Waals surface area contributed by atoms with Crippen molar-refractivity contribution in [3.8, 4) is 0 Å². The summed E-state index contributed by atoms with van der Waals surface area (Å²) < 4.78 is 5.21. The van der Waals surface area contributed by atoms with E-state index in [0.717, 1.165) is 11.1 Å². The van der Waals surface area contributed by atoms with Crippen LogP contribution < -0.4 is 10.9 Å². The van der Waals surface area contributed by atoms with E-state index in [9.17, 15) is 9.59 Å². The van der Waals surface area contributed by atoms with Crippen LogP contribution in [0.3, 0.4) is 0 Å². The van der Waals surface area contributed by atoms with Crippen molar-refractivity contribution in [2.45, 2.75) is 5.92 Å². The number of carbonyl (C=O) groups is 1. The van der Waals surface area contributed by atoms with Crippen LogP contribution in [0.25, 0.3) is 11.0 Å². The Morgan fingerprint density at radius 2 is 1.33 bits per heavy atom.